The summed E-state index contributed by atoms with van der Waals surface area (Å²) < 4.78 is 1.88. The number of hydrogen-bond donors (Lipinski definition) is 2. The molecule has 2 aromatic carbocycles. The summed E-state index contributed by atoms with van der Waals surface area (Å²) in [6, 6.07) is 14.7. The molecule has 0 spiro atoms. The van der Waals surface area contributed by atoms with E-state index >= 15 is 0 Å². The largest absolute Gasteiger partial charge is 0.353 e. The number of pyridine rings is 1. The van der Waals surface area contributed by atoms with Gasteiger partial charge in [-0.1, -0.05) is 24.3 Å². The molecular weight excluding hydrogens is 302 g/mol. The van der Waals surface area contributed by atoms with Gasteiger partial charge in [-0.2, -0.15) is 0 Å². The van der Waals surface area contributed by atoms with Crippen molar-refractivity contribution in [2.75, 3.05) is 6.54 Å². The molecule has 24 heavy (non-hydrogen) atoms. The second-order valence-corrected chi connectivity index (χ2v) is 6.71. The van der Waals surface area contributed by atoms with Crippen molar-refractivity contribution in [1.29, 1.82) is 0 Å². The zero-order chi connectivity index (χ0) is 17.3. The summed E-state index contributed by atoms with van der Waals surface area (Å²) in [5.41, 5.74) is 6.94. The Labute approximate surface area is 140 Å². The molecular formula is C19H21N3O2. The standard InChI is InChI=1S/C19H21N3O2/c1-19(2,20)12-21-17(23)11-22-15-9-5-3-7-13(15)18(24)14-8-4-6-10-16(14)22/h3-10H,11-12,20H2,1-2H3,(H,21,23). The first-order chi connectivity index (χ1) is 11.4. The number of amides is 1. The van der Waals surface area contributed by atoms with Crippen LogP contribution in [-0.4, -0.2) is 22.6 Å². The zero-order valence-electron chi connectivity index (χ0n) is 13.9. The first-order valence-corrected chi connectivity index (χ1v) is 7.93. The van der Waals surface area contributed by atoms with E-state index in [0.29, 0.717) is 17.3 Å². The maximum absolute atomic E-state index is 12.7. The molecule has 1 heterocycles. The molecule has 0 bridgehead atoms. The van der Waals surface area contributed by atoms with E-state index in [1.54, 1.807) is 12.1 Å². The Morgan fingerprint density at radius 2 is 1.54 bits per heavy atom. The van der Waals surface area contributed by atoms with E-state index in [-0.39, 0.29) is 17.9 Å². The Kier molecular flexibility index (Phi) is 4.11. The predicted octanol–water partition coefficient (Wildman–Crippen LogP) is 2.01. The molecule has 1 aromatic heterocycles. The van der Waals surface area contributed by atoms with E-state index in [9.17, 15) is 9.59 Å². The Bertz CT molecular complexity index is 908. The third-order valence-electron chi connectivity index (χ3n) is 3.92. The van der Waals surface area contributed by atoms with Gasteiger partial charge in [0.2, 0.25) is 5.91 Å². The molecule has 3 aromatic rings. The van der Waals surface area contributed by atoms with Crippen molar-refractivity contribution >= 4 is 27.7 Å². The Morgan fingerprint density at radius 1 is 1.04 bits per heavy atom. The fraction of sp³-hybridized carbons (Fsp3) is 0.263. The molecule has 5 heteroatoms. The minimum absolute atomic E-state index is 0.0130. The van der Waals surface area contributed by atoms with Gasteiger partial charge in [0.1, 0.15) is 6.54 Å². The predicted molar refractivity (Wildman–Crippen MR) is 97.0 cm³/mol. The van der Waals surface area contributed by atoms with Gasteiger partial charge in [-0.3, -0.25) is 9.59 Å². The number of nitrogens with one attached hydrogen (secondary N) is 1. The third kappa shape index (κ3) is 3.16. The van der Waals surface area contributed by atoms with Crippen LogP contribution >= 0.6 is 0 Å². The average Bonchev–Trinajstić information content (AvgIpc) is 2.56. The van der Waals surface area contributed by atoms with E-state index in [0.717, 1.165) is 11.0 Å². The number of carbonyl (C=O) groups is 1. The quantitative estimate of drug-likeness (QED) is 0.721. The summed E-state index contributed by atoms with van der Waals surface area (Å²) in [6.45, 7) is 4.24. The lowest BCUT2D eigenvalue weighted by atomic mass is 10.1. The molecule has 0 radical (unpaired) electrons. The van der Waals surface area contributed by atoms with Gasteiger partial charge >= 0.3 is 0 Å². The maximum atomic E-state index is 12.7. The van der Waals surface area contributed by atoms with Crippen LogP contribution in [0, 0.1) is 0 Å². The number of nitrogens with two attached hydrogens (primary N) is 1. The van der Waals surface area contributed by atoms with Crippen LogP contribution in [0.25, 0.3) is 21.8 Å². The van der Waals surface area contributed by atoms with Gasteiger partial charge in [0.25, 0.3) is 0 Å². The molecule has 0 saturated heterocycles. The summed E-state index contributed by atoms with van der Waals surface area (Å²) in [5.74, 6) is -0.132. The lowest BCUT2D eigenvalue weighted by molar-refractivity contribution is -0.121. The van der Waals surface area contributed by atoms with Crippen molar-refractivity contribution in [3.05, 3.63) is 58.8 Å². The summed E-state index contributed by atoms with van der Waals surface area (Å²) in [7, 11) is 0. The fourth-order valence-electron chi connectivity index (χ4n) is 2.77. The van der Waals surface area contributed by atoms with Crippen LogP contribution in [0.5, 0.6) is 0 Å². The maximum Gasteiger partial charge on any atom is 0.240 e. The van der Waals surface area contributed by atoms with Crippen molar-refractivity contribution in [3.63, 3.8) is 0 Å². The molecule has 0 fully saturated rings. The van der Waals surface area contributed by atoms with Gasteiger partial charge in [0.15, 0.2) is 5.43 Å². The first-order valence-electron chi connectivity index (χ1n) is 7.93. The van der Waals surface area contributed by atoms with E-state index in [4.69, 9.17) is 5.73 Å². The molecule has 124 valence electrons. The number of aromatic nitrogens is 1. The summed E-state index contributed by atoms with van der Waals surface area (Å²) in [4.78, 5) is 25.0. The van der Waals surface area contributed by atoms with Crippen molar-refractivity contribution in [2.45, 2.75) is 25.9 Å². The van der Waals surface area contributed by atoms with Gasteiger partial charge in [-0.15, -0.1) is 0 Å². The summed E-state index contributed by atoms with van der Waals surface area (Å²) in [5, 5.41) is 4.08. The van der Waals surface area contributed by atoms with E-state index in [1.807, 2.05) is 54.8 Å². The number of fused-ring (bicyclic) bond motifs is 2. The molecule has 0 aliphatic carbocycles. The molecule has 0 aliphatic rings. The summed E-state index contributed by atoms with van der Waals surface area (Å²) in [6.07, 6.45) is 0. The van der Waals surface area contributed by atoms with Crippen LogP contribution < -0.4 is 16.5 Å². The van der Waals surface area contributed by atoms with Gasteiger partial charge in [-0.25, -0.2) is 0 Å². The molecule has 3 N–H and O–H groups in total. The van der Waals surface area contributed by atoms with Gasteiger partial charge in [0.05, 0.1) is 11.0 Å². The number of carbonyl (C=O) groups excluding carboxylic acids is 1. The number of benzene rings is 2. The van der Waals surface area contributed by atoms with Crippen molar-refractivity contribution in [1.82, 2.24) is 9.88 Å². The molecule has 0 unspecified atom stereocenters. The van der Waals surface area contributed by atoms with E-state index in [2.05, 4.69) is 5.32 Å². The first kappa shape index (κ1) is 16.2. The molecule has 0 saturated carbocycles. The van der Waals surface area contributed by atoms with Crippen molar-refractivity contribution in [3.8, 4) is 0 Å². The second kappa shape index (κ2) is 6.09. The molecule has 0 atom stereocenters. The lowest BCUT2D eigenvalue weighted by Crippen LogP contribution is -2.45. The fourth-order valence-corrected chi connectivity index (χ4v) is 2.77. The van der Waals surface area contributed by atoms with Crippen LogP contribution in [0.15, 0.2) is 53.3 Å². The monoisotopic (exact) mass is 323 g/mol. The average molecular weight is 323 g/mol. The Morgan fingerprint density at radius 3 is 2.04 bits per heavy atom. The second-order valence-electron chi connectivity index (χ2n) is 6.71. The summed E-state index contributed by atoms with van der Waals surface area (Å²) >= 11 is 0. The van der Waals surface area contributed by atoms with Gasteiger partial charge < -0.3 is 15.6 Å². The highest BCUT2D eigenvalue weighted by Gasteiger charge is 2.15. The van der Waals surface area contributed by atoms with Crippen molar-refractivity contribution in [2.24, 2.45) is 5.73 Å². The van der Waals surface area contributed by atoms with Crippen molar-refractivity contribution < 1.29 is 4.79 Å². The Balaban J connectivity index is 2.10. The normalized spacial score (nSPS) is 11.8. The highest BCUT2D eigenvalue weighted by atomic mass is 16.2. The van der Waals surface area contributed by atoms with Crippen LogP contribution in [0.2, 0.25) is 0 Å². The van der Waals surface area contributed by atoms with E-state index < -0.39 is 5.54 Å². The minimum atomic E-state index is -0.469. The highest BCUT2D eigenvalue weighted by molar-refractivity contribution is 5.94. The molecule has 3 rings (SSSR count). The van der Waals surface area contributed by atoms with Crippen LogP contribution in [0.1, 0.15) is 13.8 Å². The number of nitrogens with zero attached hydrogens (tertiary/aromatic N) is 1. The van der Waals surface area contributed by atoms with Crippen LogP contribution in [-0.2, 0) is 11.3 Å². The lowest BCUT2D eigenvalue weighted by Gasteiger charge is -2.20. The highest BCUT2D eigenvalue weighted by Crippen LogP contribution is 2.18. The molecule has 5 nitrogen and oxygen atoms in total. The van der Waals surface area contributed by atoms with E-state index in [1.165, 1.54) is 0 Å². The van der Waals surface area contributed by atoms with Crippen LogP contribution in [0.3, 0.4) is 0 Å². The van der Waals surface area contributed by atoms with Crippen LogP contribution in [0.4, 0.5) is 0 Å². The molecule has 1 amide bonds. The third-order valence-corrected chi connectivity index (χ3v) is 3.92. The Hall–Kier alpha value is -2.66. The SMILES string of the molecule is CC(C)(N)CNC(=O)Cn1c2ccccc2c(=O)c2ccccc21. The van der Waals surface area contributed by atoms with Gasteiger partial charge in [-0.05, 0) is 38.1 Å². The number of rotatable bonds is 4. The van der Waals surface area contributed by atoms with Gasteiger partial charge in [0, 0.05) is 22.9 Å². The zero-order valence-corrected chi connectivity index (χ0v) is 13.9. The minimum Gasteiger partial charge on any atom is -0.353 e. The topological polar surface area (TPSA) is 77.1 Å². The number of hydrogen-bond acceptors (Lipinski definition) is 3. The smallest absolute Gasteiger partial charge is 0.240 e. The number of para-hydroxylation sites is 2. The molecule has 0 aliphatic heterocycles.